The number of hydrogen-bond acceptors (Lipinski definition) is 6. The minimum absolute atomic E-state index is 0.0918. The van der Waals surface area contributed by atoms with Gasteiger partial charge in [0, 0.05) is 37.2 Å². The van der Waals surface area contributed by atoms with E-state index in [-0.39, 0.29) is 19.1 Å². The molecule has 2 heterocycles. The number of carbonyl (C=O) groups excluding carboxylic acids is 1. The number of anilines is 1. The number of benzene rings is 1. The Bertz CT molecular complexity index is 826. The fraction of sp³-hybridized carbons (Fsp3) is 0.435. The molecule has 1 aliphatic rings. The Kier molecular flexibility index (Phi) is 8.23. The van der Waals surface area contributed by atoms with E-state index in [1.54, 1.807) is 12.4 Å². The van der Waals surface area contributed by atoms with Crippen molar-refractivity contribution in [1.29, 1.82) is 0 Å². The number of rotatable bonds is 9. The van der Waals surface area contributed by atoms with E-state index in [9.17, 15) is 14.7 Å². The molecule has 2 atom stereocenters. The average Bonchev–Trinajstić information content (AvgIpc) is 2.81. The molecule has 1 saturated heterocycles. The first-order valence-electron chi connectivity index (χ1n) is 10.6. The molecule has 1 amide bonds. The lowest BCUT2D eigenvalue weighted by Crippen LogP contribution is -2.44. The van der Waals surface area contributed by atoms with Crippen molar-refractivity contribution < 1.29 is 19.4 Å². The van der Waals surface area contributed by atoms with Crippen molar-refractivity contribution in [1.82, 2.24) is 10.3 Å². The molecule has 8 nitrogen and oxygen atoms in total. The van der Waals surface area contributed by atoms with Crippen LogP contribution < -0.4 is 16.0 Å². The van der Waals surface area contributed by atoms with Crippen LogP contribution in [0.25, 0.3) is 0 Å². The van der Waals surface area contributed by atoms with Gasteiger partial charge in [-0.15, -0.1) is 0 Å². The normalized spacial score (nSPS) is 16.4. The Morgan fingerprint density at radius 1 is 1.13 bits per heavy atom. The Morgan fingerprint density at radius 2 is 1.81 bits per heavy atom. The first-order chi connectivity index (χ1) is 15.0. The maximum atomic E-state index is 12.0. The number of alkyl carbamates (subject to hydrolysis) is 1. The van der Waals surface area contributed by atoms with Crippen LogP contribution in [0, 0.1) is 5.92 Å². The maximum absolute atomic E-state index is 12.0. The topological polar surface area (TPSA) is 118 Å². The summed E-state index contributed by atoms with van der Waals surface area (Å²) in [5.41, 5.74) is 8.38. The summed E-state index contributed by atoms with van der Waals surface area (Å²) in [6.07, 6.45) is 5.53. The second-order valence-corrected chi connectivity index (χ2v) is 7.87. The van der Waals surface area contributed by atoms with Crippen LogP contribution in [0.1, 0.15) is 31.2 Å². The van der Waals surface area contributed by atoms with Gasteiger partial charge in [-0.1, -0.05) is 30.3 Å². The summed E-state index contributed by atoms with van der Waals surface area (Å²) >= 11 is 0. The number of aliphatic carboxylic acids is 1. The van der Waals surface area contributed by atoms with E-state index < -0.39 is 18.1 Å². The molecule has 31 heavy (non-hydrogen) atoms. The predicted octanol–water partition coefficient (Wildman–Crippen LogP) is 2.79. The molecule has 0 aliphatic carbocycles. The zero-order valence-corrected chi connectivity index (χ0v) is 17.5. The highest BCUT2D eigenvalue weighted by Gasteiger charge is 2.27. The van der Waals surface area contributed by atoms with Crippen molar-refractivity contribution in [2.75, 3.05) is 18.0 Å². The van der Waals surface area contributed by atoms with Crippen LogP contribution in [0.3, 0.4) is 0 Å². The van der Waals surface area contributed by atoms with Crippen LogP contribution in [-0.2, 0) is 16.1 Å². The van der Waals surface area contributed by atoms with Gasteiger partial charge in [0.25, 0.3) is 0 Å². The predicted molar refractivity (Wildman–Crippen MR) is 118 cm³/mol. The van der Waals surface area contributed by atoms with Crippen molar-refractivity contribution in [3.05, 3.63) is 60.4 Å². The number of nitrogens with two attached hydrogens (primary N) is 1. The number of carbonyl (C=O) groups is 2. The smallest absolute Gasteiger partial charge is 0.408 e. The zero-order valence-electron chi connectivity index (χ0n) is 17.5. The van der Waals surface area contributed by atoms with Gasteiger partial charge in [0.05, 0.1) is 0 Å². The summed E-state index contributed by atoms with van der Waals surface area (Å²) in [7, 11) is 0. The van der Waals surface area contributed by atoms with E-state index in [0.717, 1.165) is 37.2 Å². The molecular weight excluding hydrogens is 396 g/mol. The number of pyridine rings is 1. The fourth-order valence-corrected chi connectivity index (χ4v) is 3.90. The van der Waals surface area contributed by atoms with Crippen molar-refractivity contribution >= 4 is 17.7 Å². The van der Waals surface area contributed by atoms with Crippen LogP contribution in [0.2, 0.25) is 0 Å². The summed E-state index contributed by atoms with van der Waals surface area (Å²) in [5, 5.41) is 11.9. The number of amides is 1. The highest BCUT2D eigenvalue weighted by molar-refractivity contribution is 5.79. The fourth-order valence-electron chi connectivity index (χ4n) is 3.90. The van der Waals surface area contributed by atoms with Gasteiger partial charge >= 0.3 is 12.1 Å². The molecule has 166 valence electrons. The number of hydrogen-bond donors (Lipinski definition) is 3. The molecular formula is C23H30N4O4. The quantitative estimate of drug-likeness (QED) is 0.564. The van der Waals surface area contributed by atoms with Crippen LogP contribution in [-0.4, -0.2) is 47.3 Å². The Balaban J connectivity index is 1.41. The van der Waals surface area contributed by atoms with Gasteiger partial charge < -0.3 is 25.8 Å². The van der Waals surface area contributed by atoms with E-state index in [0.29, 0.717) is 12.3 Å². The standard InChI is InChI=1S/C23H30N4O4/c24-20(18-10-14-27(15-11-18)19-8-12-25-13-9-19)6-7-21(22(28)29)26-23(30)31-16-17-4-2-1-3-5-17/h1-5,8-9,12-13,18,20-21H,6-7,10-11,14-16,24H2,(H,26,30)(H,28,29)/t20?,21-/m0/s1. The van der Waals surface area contributed by atoms with Crippen LogP contribution in [0.4, 0.5) is 10.5 Å². The molecule has 8 heteroatoms. The Labute approximate surface area is 182 Å². The number of carboxylic acids is 1. The summed E-state index contributed by atoms with van der Waals surface area (Å²) < 4.78 is 5.13. The van der Waals surface area contributed by atoms with E-state index >= 15 is 0 Å². The van der Waals surface area contributed by atoms with Gasteiger partial charge in [0.15, 0.2) is 0 Å². The van der Waals surface area contributed by atoms with Crippen LogP contribution >= 0.6 is 0 Å². The molecule has 0 bridgehead atoms. The van der Waals surface area contributed by atoms with Gasteiger partial charge in [0.2, 0.25) is 0 Å². The Hall–Kier alpha value is -3.13. The molecule has 1 fully saturated rings. The third-order valence-electron chi connectivity index (χ3n) is 5.76. The third kappa shape index (κ3) is 6.96. The molecule has 1 aromatic heterocycles. The van der Waals surface area contributed by atoms with Crippen LogP contribution in [0.15, 0.2) is 54.9 Å². The summed E-state index contributed by atoms with van der Waals surface area (Å²) in [4.78, 5) is 30.0. The number of piperidine rings is 1. The molecule has 0 saturated carbocycles. The zero-order chi connectivity index (χ0) is 22.1. The van der Waals surface area contributed by atoms with Crippen molar-refractivity contribution in [2.45, 2.75) is 44.4 Å². The Morgan fingerprint density at radius 3 is 2.45 bits per heavy atom. The minimum Gasteiger partial charge on any atom is -0.480 e. The monoisotopic (exact) mass is 426 g/mol. The van der Waals surface area contributed by atoms with Crippen molar-refractivity contribution in [3.63, 3.8) is 0 Å². The van der Waals surface area contributed by atoms with Crippen molar-refractivity contribution in [3.8, 4) is 0 Å². The second-order valence-electron chi connectivity index (χ2n) is 7.87. The second kappa shape index (κ2) is 11.3. The SMILES string of the molecule is NC(CC[C@H](NC(=O)OCc1ccccc1)C(=O)O)C1CCN(c2ccncc2)CC1. The lowest BCUT2D eigenvalue weighted by atomic mass is 9.86. The molecule has 1 unspecified atom stereocenters. The largest absolute Gasteiger partial charge is 0.480 e. The highest BCUT2D eigenvalue weighted by atomic mass is 16.5. The van der Waals surface area contributed by atoms with Crippen molar-refractivity contribution in [2.24, 2.45) is 11.7 Å². The molecule has 3 rings (SSSR count). The first-order valence-corrected chi connectivity index (χ1v) is 10.6. The molecule has 2 aromatic rings. The number of ether oxygens (including phenoxy) is 1. The molecule has 0 spiro atoms. The van der Waals surface area contributed by atoms with Gasteiger partial charge in [0.1, 0.15) is 12.6 Å². The summed E-state index contributed by atoms with van der Waals surface area (Å²) in [6, 6.07) is 12.1. The maximum Gasteiger partial charge on any atom is 0.408 e. The number of aromatic nitrogens is 1. The average molecular weight is 427 g/mol. The van der Waals surface area contributed by atoms with Gasteiger partial charge in [-0.2, -0.15) is 0 Å². The number of carboxylic acid groups (broad SMARTS) is 1. The van der Waals surface area contributed by atoms with Gasteiger partial charge in [-0.3, -0.25) is 4.98 Å². The first kappa shape index (κ1) is 22.6. The molecule has 1 aliphatic heterocycles. The summed E-state index contributed by atoms with van der Waals surface area (Å²) in [6.45, 7) is 1.91. The summed E-state index contributed by atoms with van der Waals surface area (Å²) in [5.74, 6) is -0.756. The lowest BCUT2D eigenvalue weighted by Gasteiger charge is -2.36. The van der Waals surface area contributed by atoms with Gasteiger partial charge in [-0.05, 0) is 49.3 Å². The highest BCUT2D eigenvalue weighted by Crippen LogP contribution is 2.26. The van der Waals surface area contributed by atoms with E-state index in [4.69, 9.17) is 10.5 Å². The van der Waals surface area contributed by atoms with E-state index in [1.807, 2.05) is 42.5 Å². The third-order valence-corrected chi connectivity index (χ3v) is 5.76. The van der Waals surface area contributed by atoms with Gasteiger partial charge in [-0.25, -0.2) is 9.59 Å². The van der Waals surface area contributed by atoms with Crippen LogP contribution in [0.5, 0.6) is 0 Å². The number of nitrogens with zero attached hydrogens (tertiary/aromatic N) is 2. The number of nitrogens with one attached hydrogen (secondary N) is 1. The molecule has 1 aromatic carbocycles. The van der Waals surface area contributed by atoms with E-state index in [2.05, 4.69) is 15.2 Å². The molecule has 0 radical (unpaired) electrons. The lowest BCUT2D eigenvalue weighted by molar-refractivity contribution is -0.139. The minimum atomic E-state index is -1.09. The molecule has 4 N–H and O–H groups in total. The van der Waals surface area contributed by atoms with E-state index in [1.165, 1.54) is 0 Å².